The quantitative estimate of drug-likeness (QED) is 0.841. The molecule has 5 nitrogen and oxygen atoms in total. The SMILES string of the molecule is C=CC(=O)NCc1ccc(S(=O)(=O)N2CCCCC2)cc1. The molecule has 1 aromatic rings. The van der Waals surface area contributed by atoms with Crippen molar-refractivity contribution in [2.24, 2.45) is 0 Å². The summed E-state index contributed by atoms with van der Waals surface area (Å²) in [6.45, 7) is 4.92. The molecule has 0 aromatic heterocycles. The van der Waals surface area contributed by atoms with E-state index in [4.69, 9.17) is 0 Å². The van der Waals surface area contributed by atoms with E-state index in [-0.39, 0.29) is 5.91 Å². The van der Waals surface area contributed by atoms with E-state index in [0.29, 0.717) is 24.5 Å². The molecule has 0 bridgehead atoms. The molecule has 1 saturated heterocycles. The lowest BCUT2D eigenvalue weighted by atomic mass is 10.2. The van der Waals surface area contributed by atoms with Crippen molar-refractivity contribution in [3.63, 3.8) is 0 Å². The van der Waals surface area contributed by atoms with Crippen molar-refractivity contribution in [2.45, 2.75) is 30.7 Å². The third kappa shape index (κ3) is 3.92. The number of nitrogens with one attached hydrogen (secondary N) is 1. The van der Waals surface area contributed by atoms with Crippen LogP contribution in [-0.4, -0.2) is 31.7 Å². The van der Waals surface area contributed by atoms with Gasteiger partial charge >= 0.3 is 0 Å². The van der Waals surface area contributed by atoms with Gasteiger partial charge in [0.15, 0.2) is 0 Å². The van der Waals surface area contributed by atoms with Gasteiger partial charge in [0.2, 0.25) is 15.9 Å². The van der Waals surface area contributed by atoms with Gasteiger partial charge in [-0.15, -0.1) is 0 Å². The van der Waals surface area contributed by atoms with Gasteiger partial charge in [0.05, 0.1) is 4.90 Å². The van der Waals surface area contributed by atoms with E-state index in [1.54, 1.807) is 28.6 Å². The number of amides is 1. The minimum absolute atomic E-state index is 0.250. The second-order valence-electron chi connectivity index (χ2n) is 5.03. The molecule has 0 atom stereocenters. The molecule has 0 saturated carbocycles. The number of hydrogen-bond donors (Lipinski definition) is 1. The molecule has 1 aliphatic heterocycles. The Morgan fingerprint density at radius 2 is 1.81 bits per heavy atom. The van der Waals surface area contributed by atoms with Crippen LogP contribution in [0.4, 0.5) is 0 Å². The molecule has 1 fully saturated rings. The number of nitrogens with zero attached hydrogens (tertiary/aromatic N) is 1. The predicted molar refractivity (Wildman–Crippen MR) is 81.1 cm³/mol. The maximum atomic E-state index is 12.5. The highest BCUT2D eigenvalue weighted by atomic mass is 32.2. The first-order valence-electron chi connectivity index (χ1n) is 7.03. The summed E-state index contributed by atoms with van der Waals surface area (Å²) < 4.78 is 26.5. The predicted octanol–water partition coefficient (Wildman–Crippen LogP) is 1.66. The first-order chi connectivity index (χ1) is 10.0. The third-order valence-corrected chi connectivity index (χ3v) is 5.44. The molecule has 0 aliphatic carbocycles. The summed E-state index contributed by atoms with van der Waals surface area (Å²) in [4.78, 5) is 11.4. The average Bonchev–Trinajstić information content (AvgIpc) is 2.53. The van der Waals surface area contributed by atoms with Gasteiger partial charge in [-0.2, -0.15) is 4.31 Å². The molecule has 1 amide bonds. The van der Waals surface area contributed by atoms with Crippen molar-refractivity contribution in [2.75, 3.05) is 13.1 Å². The highest BCUT2D eigenvalue weighted by molar-refractivity contribution is 7.89. The fraction of sp³-hybridized carbons (Fsp3) is 0.400. The van der Waals surface area contributed by atoms with Crippen LogP contribution in [0, 0.1) is 0 Å². The van der Waals surface area contributed by atoms with E-state index in [0.717, 1.165) is 24.8 Å². The third-order valence-electron chi connectivity index (χ3n) is 3.53. The van der Waals surface area contributed by atoms with E-state index in [1.807, 2.05) is 0 Å². The zero-order chi connectivity index (χ0) is 15.3. The Hall–Kier alpha value is -1.66. The highest BCUT2D eigenvalue weighted by Gasteiger charge is 2.25. The van der Waals surface area contributed by atoms with E-state index in [1.165, 1.54) is 6.08 Å². The molecule has 1 aliphatic rings. The van der Waals surface area contributed by atoms with E-state index in [2.05, 4.69) is 11.9 Å². The van der Waals surface area contributed by atoms with E-state index >= 15 is 0 Å². The van der Waals surface area contributed by atoms with Gasteiger partial charge in [-0.3, -0.25) is 4.79 Å². The van der Waals surface area contributed by atoms with Crippen LogP contribution in [0.5, 0.6) is 0 Å². The highest BCUT2D eigenvalue weighted by Crippen LogP contribution is 2.20. The molecule has 114 valence electrons. The number of benzene rings is 1. The first kappa shape index (κ1) is 15.7. The van der Waals surface area contributed by atoms with E-state index < -0.39 is 10.0 Å². The second-order valence-corrected chi connectivity index (χ2v) is 6.97. The topological polar surface area (TPSA) is 66.5 Å². The van der Waals surface area contributed by atoms with E-state index in [9.17, 15) is 13.2 Å². The van der Waals surface area contributed by atoms with Crippen molar-refractivity contribution < 1.29 is 13.2 Å². The normalized spacial score (nSPS) is 16.4. The smallest absolute Gasteiger partial charge is 0.243 e. The summed E-state index contributed by atoms with van der Waals surface area (Å²) in [6, 6.07) is 6.64. The Balaban J connectivity index is 2.07. The molecular formula is C15H20N2O3S. The Morgan fingerprint density at radius 1 is 1.19 bits per heavy atom. The molecule has 0 unspecified atom stereocenters. The summed E-state index contributed by atoms with van der Waals surface area (Å²) >= 11 is 0. The monoisotopic (exact) mass is 308 g/mol. The van der Waals surface area contributed by atoms with Crippen LogP contribution in [0.3, 0.4) is 0 Å². The lowest BCUT2D eigenvalue weighted by Crippen LogP contribution is -2.35. The van der Waals surface area contributed by atoms with Crippen molar-refractivity contribution in [3.05, 3.63) is 42.5 Å². The number of piperidine rings is 1. The van der Waals surface area contributed by atoms with Gasteiger partial charge in [-0.05, 0) is 36.6 Å². The van der Waals surface area contributed by atoms with Crippen molar-refractivity contribution in [1.82, 2.24) is 9.62 Å². The van der Waals surface area contributed by atoms with Gasteiger partial charge in [-0.25, -0.2) is 8.42 Å². The number of rotatable bonds is 5. The maximum absolute atomic E-state index is 12.5. The minimum Gasteiger partial charge on any atom is -0.348 e. The lowest BCUT2D eigenvalue weighted by Gasteiger charge is -2.25. The Kier molecular flexibility index (Phi) is 5.14. The fourth-order valence-corrected chi connectivity index (χ4v) is 3.81. The van der Waals surface area contributed by atoms with Crippen LogP contribution in [-0.2, 0) is 21.4 Å². The summed E-state index contributed by atoms with van der Waals surface area (Å²) in [5, 5.41) is 2.65. The van der Waals surface area contributed by atoms with Gasteiger partial charge in [0, 0.05) is 19.6 Å². The minimum atomic E-state index is -3.38. The first-order valence-corrected chi connectivity index (χ1v) is 8.47. The summed E-state index contributed by atoms with van der Waals surface area (Å²) in [7, 11) is -3.38. The zero-order valence-corrected chi connectivity index (χ0v) is 12.7. The summed E-state index contributed by atoms with van der Waals surface area (Å²) in [5.41, 5.74) is 0.850. The average molecular weight is 308 g/mol. The van der Waals surface area contributed by atoms with Crippen LogP contribution >= 0.6 is 0 Å². The summed E-state index contributed by atoms with van der Waals surface area (Å²) in [5.74, 6) is -0.250. The van der Waals surface area contributed by atoms with Gasteiger partial charge < -0.3 is 5.32 Å². The Bertz CT molecular complexity index is 602. The number of sulfonamides is 1. The Labute approximate surface area is 125 Å². The summed E-state index contributed by atoms with van der Waals surface area (Å²) in [6.07, 6.45) is 4.14. The molecule has 1 N–H and O–H groups in total. The molecule has 1 heterocycles. The molecule has 1 aromatic carbocycles. The maximum Gasteiger partial charge on any atom is 0.243 e. The van der Waals surface area contributed by atoms with Crippen LogP contribution in [0.25, 0.3) is 0 Å². The second kappa shape index (κ2) is 6.87. The Morgan fingerprint density at radius 3 is 2.38 bits per heavy atom. The molecule has 6 heteroatoms. The number of carbonyl (C=O) groups excluding carboxylic acids is 1. The van der Waals surface area contributed by atoms with Crippen molar-refractivity contribution >= 4 is 15.9 Å². The van der Waals surface area contributed by atoms with Crippen molar-refractivity contribution in [3.8, 4) is 0 Å². The van der Waals surface area contributed by atoms with Gasteiger partial charge in [-0.1, -0.05) is 25.1 Å². The molecular weight excluding hydrogens is 288 g/mol. The standard InChI is InChI=1S/C15H20N2O3S/c1-2-15(18)16-12-13-6-8-14(9-7-13)21(19,20)17-10-4-3-5-11-17/h2,6-9H,1,3-5,10-12H2,(H,16,18). The largest absolute Gasteiger partial charge is 0.348 e. The lowest BCUT2D eigenvalue weighted by molar-refractivity contribution is -0.116. The number of carbonyl (C=O) groups is 1. The van der Waals surface area contributed by atoms with Crippen LogP contribution in [0.2, 0.25) is 0 Å². The molecule has 0 radical (unpaired) electrons. The van der Waals surface area contributed by atoms with Crippen LogP contribution < -0.4 is 5.32 Å². The van der Waals surface area contributed by atoms with Crippen LogP contribution in [0.1, 0.15) is 24.8 Å². The van der Waals surface area contributed by atoms with Crippen LogP contribution in [0.15, 0.2) is 41.8 Å². The molecule has 2 rings (SSSR count). The van der Waals surface area contributed by atoms with Gasteiger partial charge in [0.1, 0.15) is 0 Å². The molecule has 21 heavy (non-hydrogen) atoms. The van der Waals surface area contributed by atoms with Gasteiger partial charge in [0.25, 0.3) is 0 Å². The number of hydrogen-bond acceptors (Lipinski definition) is 3. The zero-order valence-electron chi connectivity index (χ0n) is 11.9. The fourth-order valence-electron chi connectivity index (χ4n) is 2.29. The molecule has 0 spiro atoms. The van der Waals surface area contributed by atoms with Crippen molar-refractivity contribution in [1.29, 1.82) is 0 Å².